The Hall–Kier alpha value is -1.97. The molecule has 0 bridgehead atoms. The fourth-order valence-electron chi connectivity index (χ4n) is 1.86. The molecule has 1 rings (SSSR count). The molecule has 1 atom stereocenters. The van der Waals surface area contributed by atoms with Crippen LogP contribution in [-0.2, 0) is 35.2 Å². The van der Waals surface area contributed by atoms with Crippen LogP contribution in [0.1, 0.15) is 25.8 Å². The number of nitrogens with one attached hydrogen (secondary N) is 1. The Morgan fingerprint density at radius 2 is 1.88 bits per heavy atom. The van der Waals surface area contributed by atoms with Gasteiger partial charge in [-0.1, -0.05) is 30.3 Å². The van der Waals surface area contributed by atoms with E-state index in [1.807, 2.05) is 6.07 Å². The summed E-state index contributed by atoms with van der Waals surface area (Å²) in [5.74, 6) is -1.32. The second-order valence-corrected chi connectivity index (χ2v) is 7.90. The number of hydrogen-bond donors (Lipinski definition) is 2. The van der Waals surface area contributed by atoms with E-state index in [1.54, 1.807) is 24.3 Å². The third-order valence-electron chi connectivity index (χ3n) is 3.56. The maximum absolute atomic E-state index is 12.2. The van der Waals surface area contributed by atoms with Gasteiger partial charge in [0.1, 0.15) is 12.0 Å². The van der Waals surface area contributed by atoms with Crippen LogP contribution < -0.4 is 5.32 Å². The Balaban J connectivity index is 2.51. The number of rotatable bonds is 11. The number of benzene rings is 1. The van der Waals surface area contributed by atoms with Gasteiger partial charge in [0.15, 0.2) is 0 Å². The number of aliphatic hydroxyl groups is 1. The van der Waals surface area contributed by atoms with E-state index in [-0.39, 0.29) is 31.2 Å². The first-order chi connectivity index (χ1) is 12.2. The van der Waals surface area contributed by atoms with E-state index in [4.69, 9.17) is 8.92 Å². The standard InChI is InChI=1S/C17H25NO7S/c1-14(20)18-9-6-10-26(22,23)25-13-17(2,12-19)16(21)24-11-15-7-4-3-5-8-15/h3-5,7-8,19H,6,9-13H2,1-2H3,(H,18,20). The molecule has 2 N–H and O–H groups in total. The minimum absolute atomic E-state index is 0.0126. The highest BCUT2D eigenvalue weighted by Crippen LogP contribution is 2.20. The van der Waals surface area contributed by atoms with Crippen molar-refractivity contribution in [3.8, 4) is 0 Å². The van der Waals surface area contributed by atoms with Crippen LogP contribution in [0, 0.1) is 5.41 Å². The Kier molecular flexibility index (Phi) is 8.70. The van der Waals surface area contributed by atoms with Crippen molar-refractivity contribution in [1.82, 2.24) is 5.32 Å². The van der Waals surface area contributed by atoms with Crippen LogP contribution in [0.3, 0.4) is 0 Å². The predicted molar refractivity (Wildman–Crippen MR) is 94.5 cm³/mol. The summed E-state index contributed by atoms with van der Waals surface area (Å²) in [6.07, 6.45) is 0.177. The van der Waals surface area contributed by atoms with Gasteiger partial charge in [-0.2, -0.15) is 8.42 Å². The zero-order valence-electron chi connectivity index (χ0n) is 14.9. The van der Waals surface area contributed by atoms with Gasteiger partial charge in [0.05, 0.1) is 19.0 Å². The lowest BCUT2D eigenvalue weighted by Crippen LogP contribution is -2.39. The average molecular weight is 387 g/mol. The summed E-state index contributed by atoms with van der Waals surface area (Å²) < 4.78 is 33.8. The fourth-order valence-corrected chi connectivity index (χ4v) is 2.91. The van der Waals surface area contributed by atoms with Gasteiger partial charge in [0.2, 0.25) is 5.91 Å². The summed E-state index contributed by atoms with van der Waals surface area (Å²) in [4.78, 5) is 22.9. The molecule has 1 unspecified atom stereocenters. The number of amides is 1. The summed E-state index contributed by atoms with van der Waals surface area (Å²) in [6.45, 7) is 1.76. The molecule has 0 saturated carbocycles. The molecule has 26 heavy (non-hydrogen) atoms. The van der Waals surface area contributed by atoms with Crippen molar-refractivity contribution in [2.75, 3.05) is 25.5 Å². The van der Waals surface area contributed by atoms with Crippen LogP contribution in [0.5, 0.6) is 0 Å². The molecule has 0 aliphatic rings. The van der Waals surface area contributed by atoms with Crippen LogP contribution in [0.2, 0.25) is 0 Å². The molecule has 0 radical (unpaired) electrons. The van der Waals surface area contributed by atoms with Crippen LogP contribution >= 0.6 is 0 Å². The summed E-state index contributed by atoms with van der Waals surface area (Å²) in [6, 6.07) is 8.98. The Bertz CT molecular complexity index is 690. The minimum Gasteiger partial charge on any atom is -0.460 e. The van der Waals surface area contributed by atoms with Gasteiger partial charge in [-0.15, -0.1) is 0 Å². The number of carbonyl (C=O) groups is 2. The van der Waals surface area contributed by atoms with Gasteiger partial charge in [0.25, 0.3) is 10.1 Å². The number of hydrogen-bond acceptors (Lipinski definition) is 7. The molecule has 1 amide bonds. The zero-order valence-corrected chi connectivity index (χ0v) is 15.8. The number of ether oxygens (including phenoxy) is 1. The van der Waals surface area contributed by atoms with Crippen molar-refractivity contribution in [1.29, 1.82) is 0 Å². The molecule has 0 aromatic heterocycles. The van der Waals surface area contributed by atoms with Crippen molar-refractivity contribution in [3.63, 3.8) is 0 Å². The Morgan fingerprint density at radius 3 is 2.46 bits per heavy atom. The molecule has 0 aliphatic heterocycles. The highest BCUT2D eigenvalue weighted by molar-refractivity contribution is 7.86. The van der Waals surface area contributed by atoms with Gasteiger partial charge in [-0.05, 0) is 18.9 Å². The van der Waals surface area contributed by atoms with E-state index in [1.165, 1.54) is 13.8 Å². The maximum Gasteiger partial charge on any atom is 0.316 e. The molecule has 0 saturated heterocycles. The van der Waals surface area contributed by atoms with Crippen molar-refractivity contribution in [2.24, 2.45) is 5.41 Å². The number of aliphatic hydroxyl groups excluding tert-OH is 1. The monoisotopic (exact) mass is 387 g/mol. The van der Waals surface area contributed by atoms with Crippen LogP contribution in [0.15, 0.2) is 30.3 Å². The molecule has 0 fully saturated rings. The van der Waals surface area contributed by atoms with E-state index in [0.717, 1.165) is 5.56 Å². The molecular weight excluding hydrogens is 362 g/mol. The molecule has 0 spiro atoms. The van der Waals surface area contributed by atoms with Gasteiger partial charge >= 0.3 is 5.97 Å². The first kappa shape index (κ1) is 22.1. The molecule has 8 nitrogen and oxygen atoms in total. The predicted octanol–water partition coefficient (Wildman–Crippen LogP) is 0.601. The van der Waals surface area contributed by atoms with E-state index in [0.29, 0.717) is 0 Å². The van der Waals surface area contributed by atoms with E-state index < -0.39 is 34.7 Å². The zero-order chi connectivity index (χ0) is 19.6. The second-order valence-electron chi connectivity index (χ2n) is 6.14. The molecule has 1 aromatic rings. The first-order valence-corrected chi connectivity index (χ1v) is 9.70. The summed E-state index contributed by atoms with van der Waals surface area (Å²) in [7, 11) is -3.89. The number of esters is 1. The van der Waals surface area contributed by atoms with E-state index >= 15 is 0 Å². The Labute approximate surface area is 153 Å². The fraction of sp³-hybridized carbons (Fsp3) is 0.529. The first-order valence-electron chi connectivity index (χ1n) is 8.12. The molecular formula is C17H25NO7S. The summed E-state index contributed by atoms with van der Waals surface area (Å²) in [5.41, 5.74) is -0.730. The number of carbonyl (C=O) groups excluding carboxylic acids is 2. The molecule has 1 aromatic carbocycles. The third-order valence-corrected chi connectivity index (χ3v) is 4.82. The lowest BCUT2D eigenvalue weighted by atomic mass is 9.93. The largest absolute Gasteiger partial charge is 0.460 e. The average Bonchev–Trinajstić information content (AvgIpc) is 2.62. The smallest absolute Gasteiger partial charge is 0.316 e. The molecule has 146 valence electrons. The summed E-state index contributed by atoms with van der Waals surface area (Å²) in [5, 5.41) is 12.0. The lowest BCUT2D eigenvalue weighted by Gasteiger charge is -2.24. The summed E-state index contributed by atoms with van der Waals surface area (Å²) >= 11 is 0. The van der Waals surface area contributed by atoms with Gasteiger partial charge in [0, 0.05) is 13.5 Å². The van der Waals surface area contributed by atoms with Crippen LogP contribution in [0.4, 0.5) is 0 Å². The third kappa shape index (κ3) is 7.94. The molecule has 9 heteroatoms. The van der Waals surface area contributed by atoms with Crippen molar-refractivity contribution in [3.05, 3.63) is 35.9 Å². The molecule has 0 aliphatic carbocycles. The quantitative estimate of drug-likeness (QED) is 0.324. The second kappa shape index (κ2) is 10.2. The van der Waals surface area contributed by atoms with Crippen molar-refractivity contribution >= 4 is 22.0 Å². The van der Waals surface area contributed by atoms with E-state index in [2.05, 4.69) is 5.32 Å². The normalized spacial score (nSPS) is 13.7. The lowest BCUT2D eigenvalue weighted by molar-refractivity contribution is -0.160. The Morgan fingerprint density at radius 1 is 1.23 bits per heavy atom. The highest BCUT2D eigenvalue weighted by Gasteiger charge is 2.36. The minimum atomic E-state index is -3.89. The van der Waals surface area contributed by atoms with Gasteiger partial charge < -0.3 is 15.2 Å². The van der Waals surface area contributed by atoms with Crippen molar-refractivity contribution < 1.29 is 32.0 Å². The maximum atomic E-state index is 12.2. The topological polar surface area (TPSA) is 119 Å². The van der Waals surface area contributed by atoms with Crippen molar-refractivity contribution in [2.45, 2.75) is 26.9 Å². The highest BCUT2D eigenvalue weighted by atomic mass is 32.2. The van der Waals surface area contributed by atoms with Crippen LogP contribution in [-0.4, -0.2) is 50.9 Å². The molecule has 0 heterocycles. The van der Waals surface area contributed by atoms with Gasteiger partial charge in [-0.25, -0.2) is 0 Å². The van der Waals surface area contributed by atoms with E-state index in [9.17, 15) is 23.1 Å². The SMILES string of the molecule is CC(=O)NCCCS(=O)(=O)OCC(C)(CO)C(=O)OCc1ccccc1. The van der Waals surface area contributed by atoms with Gasteiger partial charge in [-0.3, -0.25) is 13.8 Å². The van der Waals surface area contributed by atoms with Crippen LogP contribution in [0.25, 0.3) is 0 Å².